The predicted octanol–water partition coefficient (Wildman–Crippen LogP) is 11.4. The van der Waals surface area contributed by atoms with Gasteiger partial charge >= 0.3 is 0 Å². The third kappa shape index (κ3) is 32.8. The average Bonchev–Trinajstić information content (AvgIpc) is 3.09. The van der Waals surface area contributed by atoms with Crippen molar-refractivity contribution in [3.8, 4) is 0 Å². The van der Waals surface area contributed by atoms with Gasteiger partial charge in [0.05, 0.1) is 18.8 Å². The van der Waals surface area contributed by atoms with E-state index in [9.17, 15) is 20.1 Å². The van der Waals surface area contributed by atoms with Gasteiger partial charge in [-0.25, -0.2) is 0 Å². The van der Waals surface area contributed by atoms with E-state index < -0.39 is 24.2 Å². The van der Waals surface area contributed by atoms with Gasteiger partial charge in [-0.2, -0.15) is 0 Å². The summed E-state index contributed by atoms with van der Waals surface area (Å²) in [5.74, 6) is -0.524. The van der Waals surface area contributed by atoms with Crippen LogP contribution in [0.25, 0.3) is 0 Å². The van der Waals surface area contributed by atoms with Crippen LogP contribution in [0.2, 0.25) is 0 Å². The van der Waals surface area contributed by atoms with Crippen LogP contribution in [0, 0.1) is 0 Å². The van der Waals surface area contributed by atoms with Gasteiger partial charge in [-0.1, -0.05) is 172 Å². The summed E-state index contributed by atoms with van der Waals surface area (Å²) in [6, 6.07) is -0.823. The summed E-state index contributed by atoms with van der Waals surface area (Å²) in [7, 11) is 0. The lowest BCUT2D eigenvalue weighted by Gasteiger charge is -2.21. The number of aliphatic hydroxyl groups is 3. The molecule has 3 unspecified atom stereocenters. The second kappa shape index (κ2) is 38.1. The molecule has 280 valence electrons. The third-order valence-corrected chi connectivity index (χ3v) is 9.12. The minimum atomic E-state index is -1.11. The van der Waals surface area contributed by atoms with Crippen LogP contribution in [0.15, 0.2) is 48.6 Å². The van der Waals surface area contributed by atoms with Crippen LogP contribution < -0.4 is 5.32 Å². The Bertz CT molecular complexity index is 790. The maximum absolute atomic E-state index is 12.4. The zero-order chi connectivity index (χ0) is 35.2. The standard InChI is InChI=1S/C43H79NO4/c1-3-5-7-9-11-13-15-17-19-21-22-24-25-27-29-31-33-35-37-41(46)40(39-45)44-43(48)42(47)38-36-34-32-30-28-26-23-20-18-16-14-12-10-8-6-4-2/h18,20-22,27,29,35,37,40-42,45-47H,3-17,19,23-26,28,30-34,36,38-39H2,1-2H3,(H,44,48)/b20-18-,22-21+,29-27+,37-35+. The third-order valence-electron chi connectivity index (χ3n) is 9.12. The number of hydrogen-bond acceptors (Lipinski definition) is 4. The summed E-state index contributed by atoms with van der Waals surface area (Å²) in [6.45, 7) is 4.14. The number of unbranched alkanes of at least 4 members (excludes halogenated alkanes) is 22. The van der Waals surface area contributed by atoms with E-state index in [0.29, 0.717) is 6.42 Å². The zero-order valence-corrected chi connectivity index (χ0v) is 31.6. The van der Waals surface area contributed by atoms with Crippen LogP contribution >= 0.6 is 0 Å². The predicted molar refractivity (Wildman–Crippen MR) is 208 cm³/mol. The minimum Gasteiger partial charge on any atom is -0.394 e. The van der Waals surface area contributed by atoms with Gasteiger partial charge in [0.25, 0.3) is 0 Å². The highest BCUT2D eigenvalue weighted by atomic mass is 16.3. The molecule has 0 spiro atoms. The molecule has 1 amide bonds. The molecular weight excluding hydrogens is 594 g/mol. The van der Waals surface area contributed by atoms with Crippen molar-refractivity contribution in [2.75, 3.05) is 6.61 Å². The van der Waals surface area contributed by atoms with E-state index in [2.05, 4.69) is 55.6 Å². The van der Waals surface area contributed by atoms with Gasteiger partial charge < -0.3 is 20.6 Å². The molecule has 0 radical (unpaired) electrons. The van der Waals surface area contributed by atoms with Gasteiger partial charge in [0, 0.05) is 0 Å². The van der Waals surface area contributed by atoms with Crippen molar-refractivity contribution in [3.63, 3.8) is 0 Å². The van der Waals surface area contributed by atoms with Crippen LogP contribution in [0.5, 0.6) is 0 Å². The molecule has 0 aromatic heterocycles. The largest absolute Gasteiger partial charge is 0.394 e. The number of hydrogen-bond donors (Lipinski definition) is 4. The lowest BCUT2D eigenvalue weighted by Crippen LogP contribution is -2.48. The van der Waals surface area contributed by atoms with Crippen molar-refractivity contribution in [2.24, 2.45) is 0 Å². The minimum absolute atomic E-state index is 0.384. The smallest absolute Gasteiger partial charge is 0.249 e. The van der Waals surface area contributed by atoms with E-state index in [-0.39, 0.29) is 6.61 Å². The van der Waals surface area contributed by atoms with Crippen LogP contribution in [0.4, 0.5) is 0 Å². The highest BCUT2D eigenvalue weighted by Gasteiger charge is 2.22. The normalized spacial score (nSPS) is 14.2. The Hall–Kier alpha value is -1.69. The van der Waals surface area contributed by atoms with Crippen LogP contribution in [-0.4, -0.2) is 46.1 Å². The van der Waals surface area contributed by atoms with Gasteiger partial charge in [-0.15, -0.1) is 0 Å². The van der Waals surface area contributed by atoms with Gasteiger partial charge in [0.15, 0.2) is 0 Å². The first kappa shape index (κ1) is 46.3. The Morgan fingerprint density at radius 3 is 1.27 bits per heavy atom. The maximum Gasteiger partial charge on any atom is 0.249 e. The number of carbonyl (C=O) groups is 1. The van der Waals surface area contributed by atoms with Crippen molar-refractivity contribution >= 4 is 5.91 Å². The summed E-state index contributed by atoms with van der Waals surface area (Å²) in [6.07, 6.45) is 48.4. The summed E-state index contributed by atoms with van der Waals surface area (Å²) in [5, 5.41) is 33.0. The Morgan fingerprint density at radius 1 is 0.500 bits per heavy atom. The average molecular weight is 674 g/mol. The lowest BCUT2D eigenvalue weighted by atomic mass is 10.0. The Morgan fingerprint density at radius 2 is 0.854 bits per heavy atom. The fourth-order valence-corrected chi connectivity index (χ4v) is 5.86. The van der Waals surface area contributed by atoms with Crippen molar-refractivity contribution in [1.29, 1.82) is 0 Å². The van der Waals surface area contributed by atoms with Crippen LogP contribution in [0.3, 0.4) is 0 Å². The summed E-state index contributed by atoms with van der Waals surface area (Å²) in [4.78, 5) is 12.4. The highest BCUT2D eigenvalue weighted by Crippen LogP contribution is 2.13. The molecule has 48 heavy (non-hydrogen) atoms. The van der Waals surface area contributed by atoms with Crippen LogP contribution in [0.1, 0.15) is 194 Å². The van der Waals surface area contributed by atoms with E-state index in [1.807, 2.05) is 6.08 Å². The summed E-state index contributed by atoms with van der Waals surface area (Å²) in [5.41, 5.74) is 0. The molecule has 0 aromatic rings. The first-order chi connectivity index (χ1) is 23.6. The quantitative estimate of drug-likeness (QED) is 0.0393. The molecule has 0 bridgehead atoms. The van der Waals surface area contributed by atoms with E-state index in [4.69, 9.17) is 0 Å². The van der Waals surface area contributed by atoms with Gasteiger partial charge in [0.1, 0.15) is 6.10 Å². The van der Waals surface area contributed by atoms with Crippen molar-refractivity contribution in [3.05, 3.63) is 48.6 Å². The number of rotatable bonds is 36. The molecule has 0 aliphatic rings. The molecule has 0 rings (SSSR count). The van der Waals surface area contributed by atoms with E-state index >= 15 is 0 Å². The first-order valence-corrected chi connectivity index (χ1v) is 20.5. The molecule has 0 fully saturated rings. The van der Waals surface area contributed by atoms with E-state index in [1.54, 1.807) is 6.08 Å². The number of allylic oxidation sites excluding steroid dienone is 7. The van der Waals surface area contributed by atoms with Gasteiger partial charge in [-0.05, 0) is 70.6 Å². The second-order valence-corrected chi connectivity index (χ2v) is 13.8. The zero-order valence-electron chi connectivity index (χ0n) is 31.6. The van der Waals surface area contributed by atoms with Crippen molar-refractivity contribution < 1.29 is 20.1 Å². The second-order valence-electron chi connectivity index (χ2n) is 13.8. The van der Waals surface area contributed by atoms with Gasteiger partial charge in [-0.3, -0.25) is 4.79 Å². The molecular formula is C43H79NO4. The fourth-order valence-electron chi connectivity index (χ4n) is 5.86. The van der Waals surface area contributed by atoms with E-state index in [0.717, 1.165) is 51.4 Å². The molecule has 5 nitrogen and oxygen atoms in total. The maximum atomic E-state index is 12.4. The van der Waals surface area contributed by atoms with Gasteiger partial charge in [0.2, 0.25) is 5.91 Å². The topological polar surface area (TPSA) is 89.8 Å². The number of amides is 1. The molecule has 0 aromatic carbocycles. The van der Waals surface area contributed by atoms with Crippen LogP contribution in [-0.2, 0) is 4.79 Å². The summed E-state index contributed by atoms with van der Waals surface area (Å²) < 4.78 is 0. The molecule has 5 heteroatoms. The Balaban J connectivity index is 3.81. The Kier molecular flexibility index (Phi) is 36.8. The SMILES string of the molecule is CCCCCCCC/C=C\CCCCCCCCC(O)C(=O)NC(CO)C(O)/C=C/CC/C=C/CC/C=C/CCCCCCCCCC. The molecule has 0 saturated carbocycles. The monoisotopic (exact) mass is 674 g/mol. The highest BCUT2D eigenvalue weighted by molar-refractivity contribution is 5.80. The molecule has 0 aliphatic carbocycles. The number of carbonyl (C=O) groups excluding carboxylic acids is 1. The van der Waals surface area contributed by atoms with Crippen molar-refractivity contribution in [1.82, 2.24) is 5.32 Å². The number of nitrogens with one attached hydrogen (secondary N) is 1. The lowest BCUT2D eigenvalue weighted by molar-refractivity contribution is -0.131. The fraction of sp³-hybridized carbons (Fsp3) is 0.791. The molecule has 3 atom stereocenters. The van der Waals surface area contributed by atoms with E-state index in [1.165, 1.54) is 122 Å². The molecule has 4 N–H and O–H groups in total. The first-order valence-electron chi connectivity index (χ1n) is 20.5. The molecule has 0 saturated heterocycles. The van der Waals surface area contributed by atoms with Crippen molar-refractivity contribution in [2.45, 2.75) is 212 Å². The summed E-state index contributed by atoms with van der Waals surface area (Å²) >= 11 is 0. The molecule has 0 aliphatic heterocycles. The Labute approximate surface area is 297 Å². The number of aliphatic hydroxyl groups excluding tert-OH is 3. The molecule has 0 heterocycles.